The molecule has 3 N–H and O–H groups in total. The predicted molar refractivity (Wildman–Crippen MR) is 120 cm³/mol. The fraction of sp³-hybridized carbons (Fsp3) is 0.0952. The molecule has 0 spiro atoms. The lowest BCUT2D eigenvalue weighted by atomic mass is 10.3. The molecule has 0 saturated carbocycles. The molecule has 0 atom stereocenters. The van der Waals surface area contributed by atoms with E-state index in [4.69, 9.17) is 9.88 Å². The van der Waals surface area contributed by atoms with Crippen LogP contribution in [-0.2, 0) is 19.6 Å². The maximum Gasteiger partial charge on any atom is 0.348 e. The van der Waals surface area contributed by atoms with Crippen molar-refractivity contribution in [2.24, 2.45) is 5.14 Å². The number of aryl methyl sites for hydroxylation is 1. The number of aromatic nitrogens is 2. The van der Waals surface area contributed by atoms with Crippen LogP contribution in [0.4, 0.5) is 10.1 Å². The third kappa shape index (κ3) is 4.92. The molecular formula is C21H17FN4O5S2. The van der Waals surface area contributed by atoms with E-state index in [-0.39, 0.29) is 15.6 Å². The Balaban J connectivity index is 1.43. The molecule has 0 unspecified atom stereocenters. The third-order valence-corrected chi connectivity index (χ3v) is 6.64. The van der Waals surface area contributed by atoms with E-state index >= 15 is 0 Å². The Morgan fingerprint density at radius 1 is 1.15 bits per heavy atom. The number of nitrogens with two attached hydrogens (primary N) is 1. The van der Waals surface area contributed by atoms with Gasteiger partial charge in [0.15, 0.2) is 6.61 Å². The fourth-order valence-electron chi connectivity index (χ4n) is 3.03. The summed E-state index contributed by atoms with van der Waals surface area (Å²) in [5.41, 5.74) is 1.65. The molecule has 170 valence electrons. The zero-order chi connectivity index (χ0) is 23.8. The lowest BCUT2D eigenvalue weighted by Crippen LogP contribution is -2.20. The largest absolute Gasteiger partial charge is 0.451 e. The molecular weight excluding hydrogens is 471 g/mol. The molecule has 2 heterocycles. The minimum Gasteiger partial charge on any atom is -0.451 e. The number of ether oxygens (including phenoxy) is 1. The van der Waals surface area contributed by atoms with Gasteiger partial charge in [-0.1, -0.05) is 0 Å². The van der Waals surface area contributed by atoms with Crippen molar-refractivity contribution in [3.63, 3.8) is 0 Å². The van der Waals surface area contributed by atoms with Crippen molar-refractivity contribution < 1.29 is 27.1 Å². The van der Waals surface area contributed by atoms with Gasteiger partial charge in [0.2, 0.25) is 10.0 Å². The minimum atomic E-state index is -3.84. The van der Waals surface area contributed by atoms with E-state index in [0.29, 0.717) is 21.9 Å². The highest BCUT2D eigenvalue weighted by Crippen LogP contribution is 2.31. The van der Waals surface area contributed by atoms with Crippen LogP contribution < -0.4 is 10.5 Å². The van der Waals surface area contributed by atoms with Crippen LogP contribution in [0.15, 0.2) is 59.5 Å². The van der Waals surface area contributed by atoms with Gasteiger partial charge in [-0.2, -0.15) is 5.10 Å². The first-order valence-corrected chi connectivity index (χ1v) is 11.8. The Morgan fingerprint density at radius 2 is 1.82 bits per heavy atom. The molecule has 0 fully saturated rings. The maximum absolute atomic E-state index is 13.2. The predicted octanol–water partition coefficient (Wildman–Crippen LogP) is 2.98. The smallest absolute Gasteiger partial charge is 0.348 e. The Bertz CT molecular complexity index is 1460. The molecule has 0 radical (unpaired) electrons. The number of hydrogen-bond acceptors (Lipinski definition) is 7. The molecule has 33 heavy (non-hydrogen) atoms. The van der Waals surface area contributed by atoms with Crippen molar-refractivity contribution in [3.8, 4) is 5.69 Å². The lowest BCUT2D eigenvalue weighted by molar-refractivity contribution is -0.119. The van der Waals surface area contributed by atoms with Gasteiger partial charge in [-0.3, -0.25) is 4.79 Å². The number of nitrogens with one attached hydrogen (secondary N) is 1. The van der Waals surface area contributed by atoms with Gasteiger partial charge >= 0.3 is 5.97 Å². The van der Waals surface area contributed by atoms with Crippen LogP contribution in [0.1, 0.15) is 15.4 Å². The molecule has 4 rings (SSSR count). The highest BCUT2D eigenvalue weighted by molar-refractivity contribution is 7.89. The van der Waals surface area contributed by atoms with Gasteiger partial charge in [0.05, 0.1) is 16.3 Å². The summed E-state index contributed by atoms with van der Waals surface area (Å²) in [6.45, 7) is 1.26. The summed E-state index contributed by atoms with van der Waals surface area (Å²) >= 11 is 1.14. The zero-order valence-corrected chi connectivity index (χ0v) is 18.7. The molecule has 0 aliphatic heterocycles. The fourth-order valence-corrected chi connectivity index (χ4v) is 4.62. The number of rotatable bonds is 6. The number of benzene rings is 2. The molecule has 0 saturated heterocycles. The van der Waals surface area contributed by atoms with E-state index in [1.54, 1.807) is 29.8 Å². The van der Waals surface area contributed by atoms with Gasteiger partial charge in [-0.25, -0.2) is 27.4 Å². The number of sulfonamides is 1. The van der Waals surface area contributed by atoms with Crippen molar-refractivity contribution in [1.82, 2.24) is 9.78 Å². The summed E-state index contributed by atoms with van der Waals surface area (Å²) in [5.74, 6) is -1.64. The van der Waals surface area contributed by atoms with E-state index < -0.39 is 28.5 Å². The van der Waals surface area contributed by atoms with E-state index in [9.17, 15) is 22.4 Å². The van der Waals surface area contributed by atoms with E-state index in [1.807, 2.05) is 0 Å². The van der Waals surface area contributed by atoms with Gasteiger partial charge in [-0.05, 0) is 61.5 Å². The van der Waals surface area contributed by atoms with Gasteiger partial charge in [0.25, 0.3) is 5.91 Å². The van der Waals surface area contributed by atoms with Gasteiger partial charge < -0.3 is 10.1 Å². The molecule has 1 amide bonds. The van der Waals surface area contributed by atoms with Crippen LogP contribution >= 0.6 is 11.3 Å². The Labute approximate surface area is 191 Å². The highest BCUT2D eigenvalue weighted by atomic mass is 32.2. The second-order valence-electron chi connectivity index (χ2n) is 7.00. The third-order valence-electron chi connectivity index (χ3n) is 4.62. The number of nitrogens with zero attached hydrogens (tertiary/aromatic N) is 2. The Hall–Kier alpha value is -3.61. The molecule has 2 aromatic heterocycles. The summed E-state index contributed by atoms with van der Waals surface area (Å²) in [4.78, 5) is 25.5. The first kappa shape index (κ1) is 22.6. The zero-order valence-electron chi connectivity index (χ0n) is 17.1. The van der Waals surface area contributed by atoms with Crippen LogP contribution in [0.2, 0.25) is 0 Å². The van der Waals surface area contributed by atoms with Crippen LogP contribution in [0.5, 0.6) is 0 Å². The van der Waals surface area contributed by atoms with Crippen molar-refractivity contribution >= 4 is 49.1 Å². The summed E-state index contributed by atoms with van der Waals surface area (Å²) in [7, 11) is -3.84. The SMILES string of the molecule is Cc1nn(-c2ccc(F)cc2)c2sc(C(=O)OCC(=O)Nc3ccc(S(N)(=O)=O)cc3)cc12. The average Bonchev–Trinajstić information content (AvgIpc) is 3.33. The first-order valence-electron chi connectivity index (χ1n) is 9.47. The number of amides is 1. The topological polar surface area (TPSA) is 133 Å². The number of carbonyl (C=O) groups is 2. The Kier molecular flexibility index (Phi) is 5.97. The summed E-state index contributed by atoms with van der Waals surface area (Å²) < 4.78 is 42.5. The van der Waals surface area contributed by atoms with Gasteiger partial charge in [-0.15, -0.1) is 11.3 Å². The lowest BCUT2D eigenvalue weighted by Gasteiger charge is -2.06. The number of esters is 1. The quantitative estimate of drug-likeness (QED) is 0.401. The highest BCUT2D eigenvalue weighted by Gasteiger charge is 2.19. The van der Waals surface area contributed by atoms with E-state index in [0.717, 1.165) is 16.7 Å². The van der Waals surface area contributed by atoms with Crippen LogP contribution in [0, 0.1) is 12.7 Å². The minimum absolute atomic E-state index is 0.0915. The standard InChI is InChI=1S/C21H17FN4O5S2/c1-12-17-10-18(32-20(17)26(25-12)15-6-2-13(22)3-7-15)21(28)31-11-19(27)24-14-4-8-16(9-5-14)33(23,29)30/h2-10H,11H2,1H3,(H,24,27)(H2,23,29,30). The number of carbonyl (C=O) groups excluding carboxylic acids is 2. The average molecular weight is 489 g/mol. The second-order valence-corrected chi connectivity index (χ2v) is 9.59. The second kappa shape index (κ2) is 8.73. The molecule has 4 aromatic rings. The molecule has 9 nitrogen and oxygen atoms in total. The molecule has 12 heteroatoms. The Morgan fingerprint density at radius 3 is 2.45 bits per heavy atom. The van der Waals surface area contributed by atoms with Crippen molar-refractivity contribution in [1.29, 1.82) is 0 Å². The van der Waals surface area contributed by atoms with Crippen LogP contribution in [0.25, 0.3) is 15.9 Å². The number of hydrogen-bond donors (Lipinski definition) is 2. The van der Waals surface area contributed by atoms with Gasteiger partial charge in [0, 0.05) is 11.1 Å². The maximum atomic E-state index is 13.2. The van der Waals surface area contributed by atoms with Gasteiger partial charge in [0.1, 0.15) is 15.5 Å². The monoisotopic (exact) mass is 488 g/mol. The van der Waals surface area contributed by atoms with E-state index in [2.05, 4.69) is 10.4 Å². The number of fused-ring (bicyclic) bond motifs is 1. The van der Waals surface area contributed by atoms with Crippen LogP contribution in [0.3, 0.4) is 0 Å². The molecule has 0 bridgehead atoms. The first-order chi connectivity index (χ1) is 15.6. The summed E-state index contributed by atoms with van der Waals surface area (Å²) in [6.07, 6.45) is 0. The molecule has 0 aliphatic carbocycles. The molecule has 2 aromatic carbocycles. The van der Waals surface area contributed by atoms with Crippen molar-refractivity contribution in [3.05, 3.63) is 71.0 Å². The summed E-state index contributed by atoms with van der Waals surface area (Å²) in [6, 6.07) is 12.7. The normalized spacial score (nSPS) is 11.5. The van der Waals surface area contributed by atoms with E-state index in [1.165, 1.54) is 36.4 Å². The number of primary sulfonamides is 1. The van der Waals surface area contributed by atoms with Crippen LogP contribution in [-0.4, -0.2) is 36.7 Å². The number of anilines is 1. The number of thiophene rings is 1. The van der Waals surface area contributed by atoms with Crippen molar-refractivity contribution in [2.75, 3.05) is 11.9 Å². The summed E-state index contributed by atoms with van der Waals surface area (Å²) in [5, 5.41) is 12.7. The molecule has 0 aliphatic rings. The number of halogens is 1. The van der Waals surface area contributed by atoms with Crippen molar-refractivity contribution in [2.45, 2.75) is 11.8 Å².